The maximum atomic E-state index is 13.4. The van der Waals surface area contributed by atoms with E-state index in [9.17, 15) is 22.8 Å². The van der Waals surface area contributed by atoms with Crippen molar-refractivity contribution in [3.8, 4) is 5.69 Å². The van der Waals surface area contributed by atoms with Crippen LogP contribution in [0.25, 0.3) is 16.6 Å². The molecule has 0 atom stereocenters. The van der Waals surface area contributed by atoms with Gasteiger partial charge in [0.25, 0.3) is 5.56 Å². The number of aromatic nitrogens is 2. The number of piperazine rings is 1. The first-order valence-corrected chi connectivity index (χ1v) is 13.2. The van der Waals surface area contributed by atoms with Crippen LogP contribution in [0.3, 0.4) is 0 Å². The molecule has 6 nitrogen and oxygen atoms in total. The molecule has 38 heavy (non-hydrogen) atoms. The van der Waals surface area contributed by atoms with Gasteiger partial charge in [-0.05, 0) is 48.5 Å². The lowest BCUT2D eigenvalue weighted by Crippen LogP contribution is -2.49. The molecule has 0 radical (unpaired) electrons. The van der Waals surface area contributed by atoms with E-state index in [2.05, 4.69) is 4.98 Å². The summed E-state index contributed by atoms with van der Waals surface area (Å²) >= 11 is 7.33. The number of halogens is 4. The summed E-state index contributed by atoms with van der Waals surface area (Å²) in [5.41, 5.74) is 0.596. The van der Waals surface area contributed by atoms with Crippen LogP contribution in [0.1, 0.15) is 5.56 Å². The van der Waals surface area contributed by atoms with Crippen LogP contribution in [-0.4, -0.2) is 52.3 Å². The fraction of sp³-hybridized carbons (Fsp3) is 0.222. The average Bonchev–Trinajstić information content (AvgIpc) is 2.91. The molecule has 2 heterocycles. The van der Waals surface area contributed by atoms with Gasteiger partial charge in [0.15, 0.2) is 5.16 Å². The summed E-state index contributed by atoms with van der Waals surface area (Å²) in [6.07, 6.45) is -4.41. The van der Waals surface area contributed by atoms with E-state index in [1.165, 1.54) is 10.6 Å². The second kappa shape index (κ2) is 10.7. The van der Waals surface area contributed by atoms with Crippen LogP contribution in [0, 0.1) is 0 Å². The van der Waals surface area contributed by atoms with Crippen molar-refractivity contribution in [2.24, 2.45) is 0 Å². The van der Waals surface area contributed by atoms with Gasteiger partial charge in [-0.1, -0.05) is 47.6 Å². The van der Waals surface area contributed by atoms with Crippen LogP contribution >= 0.6 is 23.4 Å². The molecule has 0 N–H and O–H groups in total. The summed E-state index contributed by atoms with van der Waals surface area (Å²) in [6.45, 7) is 1.59. The lowest BCUT2D eigenvalue weighted by Gasteiger charge is -2.36. The van der Waals surface area contributed by atoms with Crippen molar-refractivity contribution >= 4 is 45.9 Å². The number of carbonyl (C=O) groups excluding carboxylic acids is 1. The number of hydrogen-bond acceptors (Lipinski definition) is 5. The van der Waals surface area contributed by atoms with E-state index in [1.54, 1.807) is 59.5 Å². The van der Waals surface area contributed by atoms with E-state index in [4.69, 9.17) is 11.6 Å². The minimum absolute atomic E-state index is 0.0505. The summed E-state index contributed by atoms with van der Waals surface area (Å²) in [5, 5.41) is 1.29. The molecule has 1 aliphatic rings. The molecule has 1 aliphatic heterocycles. The van der Waals surface area contributed by atoms with E-state index < -0.39 is 11.7 Å². The van der Waals surface area contributed by atoms with Gasteiger partial charge in [0.1, 0.15) is 0 Å². The van der Waals surface area contributed by atoms with E-state index in [-0.39, 0.29) is 17.2 Å². The molecule has 0 bridgehead atoms. The van der Waals surface area contributed by atoms with Crippen LogP contribution in [-0.2, 0) is 11.0 Å². The van der Waals surface area contributed by atoms with Gasteiger partial charge in [-0.15, -0.1) is 0 Å². The van der Waals surface area contributed by atoms with Gasteiger partial charge in [0, 0.05) is 36.9 Å². The minimum Gasteiger partial charge on any atom is -0.368 e. The van der Waals surface area contributed by atoms with Crippen molar-refractivity contribution < 1.29 is 18.0 Å². The monoisotopic (exact) mass is 558 g/mol. The zero-order valence-electron chi connectivity index (χ0n) is 20.0. The summed E-state index contributed by atoms with van der Waals surface area (Å²) < 4.78 is 40.7. The van der Waals surface area contributed by atoms with Crippen LogP contribution in [0.5, 0.6) is 0 Å². The Morgan fingerprint density at radius 2 is 1.63 bits per heavy atom. The summed E-state index contributed by atoms with van der Waals surface area (Å²) in [4.78, 5) is 34.6. The molecule has 0 spiro atoms. The quantitative estimate of drug-likeness (QED) is 0.239. The Morgan fingerprint density at radius 3 is 2.37 bits per heavy atom. The third kappa shape index (κ3) is 5.51. The molecule has 1 amide bonds. The molecule has 11 heteroatoms. The van der Waals surface area contributed by atoms with Gasteiger partial charge < -0.3 is 9.80 Å². The Hall–Kier alpha value is -3.50. The highest BCUT2D eigenvalue weighted by atomic mass is 35.5. The fourth-order valence-corrected chi connectivity index (χ4v) is 5.46. The van der Waals surface area contributed by atoms with Gasteiger partial charge in [-0.3, -0.25) is 14.2 Å². The number of benzene rings is 3. The first-order chi connectivity index (χ1) is 18.2. The highest BCUT2D eigenvalue weighted by Gasteiger charge is 2.31. The van der Waals surface area contributed by atoms with Crippen molar-refractivity contribution in [2.45, 2.75) is 11.3 Å². The first-order valence-electron chi connectivity index (χ1n) is 11.8. The lowest BCUT2D eigenvalue weighted by atomic mass is 10.1. The van der Waals surface area contributed by atoms with Gasteiger partial charge in [-0.25, -0.2) is 4.98 Å². The molecule has 5 rings (SSSR count). The summed E-state index contributed by atoms with van der Waals surface area (Å²) in [5.74, 6) is -0.0896. The Balaban J connectivity index is 1.31. The maximum Gasteiger partial charge on any atom is 0.416 e. The molecule has 1 fully saturated rings. The number of nitrogens with zero attached hydrogens (tertiary/aromatic N) is 4. The van der Waals surface area contributed by atoms with Crippen molar-refractivity contribution in [3.05, 3.63) is 93.7 Å². The third-order valence-electron chi connectivity index (χ3n) is 6.31. The van der Waals surface area contributed by atoms with Crippen LogP contribution in [0.15, 0.2) is 82.7 Å². The third-order valence-corrected chi connectivity index (χ3v) is 7.47. The summed E-state index contributed by atoms with van der Waals surface area (Å²) in [6, 6.07) is 19.1. The largest absolute Gasteiger partial charge is 0.416 e. The SMILES string of the molecule is O=C(CSc1nc2ccccc2c(=O)n1-c1cccc(Cl)c1)N1CCN(c2cccc(C(F)(F)F)c2)CC1. The Labute approximate surface area is 225 Å². The number of amides is 1. The Bertz CT molecular complexity index is 1550. The minimum atomic E-state index is -4.41. The molecular formula is C27H22ClF3N4O2S. The van der Waals surface area contributed by atoms with E-state index in [0.717, 1.165) is 23.9 Å². The molecule has 196 valence electrons. The zero-order chi connectivity index (χ0) is 26.9. The second-order valence-electron chi connectivity index (χ2n) is 8.74. The molecular weight excluding hydrogens is 537 g/mol. The smallest absolute Gasteiger partial charge is 0.368 e. The van der Waals surface area contributed by atoms with Crippen molar-refractivity contribution in [3.63, 3.8) is 0 Å². The van der Waals surface area contributed by atoms with E-state index >= 15 is 0 Å². The highest BCUT2D eigenvalue weighted by molar-refractivity contribution is 7.99. The zero-order valence-corrected chi connectivity index (χ0v) is 21.6. The molecule has 0 saturated carbocycles. The predicted octanol–water partition coefficient (Wildman–Crippen LogP) is 5.50. The molecule has 4 aromatic rings. The average molecular weight is 559 g/mol. The standard InChI is InChI=1S/C27H22ClF3N4O2S/c28-19-6-4-8-21(16-19)35-25(37)22-9-1-2-10-23(22)32-26(35)38-17-24(36)34-13-11-33(12-14-34)20-7-3-5-18(15-20)27(29,30)31/h1-10,15-16H,11-14,17H2. The molecule has 0 aliphatic carbocycles. The fourth-order valence-electron chi connectivity index (χ4n) is 4.36. The number of anilines is 1. The van der Waals surface area contributed by atoms with E-state index in [0.29, 0.717) is 58.6 Å². The highest BCUT2D eigenvalue weighted by Crippen LogP contribution is 2.32. The number of alkyl halides is 3. The van der Waals surface area contributed by atoms with E-state index in [1.807, 2.05) is 4.90 Å². The molecule has 1 saturated heterocycles. The van der Waals surface area contributed by atoms with Gasteiger partial charge in [-0.2, -0.15) is 13.2 Å². The number of thioether (sulfide) groups is 1. The molecule has 3 aromatic carbocycles. The van der Waals surface area contributed by atoms with Crippen LogP contribution < -0.4 is 10.5 Å². The first kappa shape index (κ1) is 26.1. The van der Waals surface area contributed by atoms with Crippen LogP contribution in [0.4, 0.5) is 18.9 Å². The van der Waals surface area contributed by atoms with Gasteiger partial charge in [0.05, 0.1) is 27.9 Å². The number of hydrogen-bond donors (Lipinski definition) is 0. The number of carbonyl (C=O) groups is 1. The Kier molecular flexibility index (Phi) is 7.36. The summed E-state index contributed by atoms with van der Waals surface area (Å²) in [7, 11) is 0. The topological polar surface area (TPSA) is 58.4 Å². The lowest BCUT2D eigenvalue weighted by molar-refractivity contribution is -0.137. The molecule has 1 aromatic heterocycles. The van der Waals surface area contributed by atoms with Crippen molar-refractivity contribution in [2.75, 3.05) is 36.8 Å². The number of fused-ring (bicyclic) bond motifs is 1. The Morgan fingerprint density at radius 1 is 0.921 bits per heavy atom. The molecule has 0 unspecified atom stereocenters. The van der Waals surface area contributed by atoms with Crippen molar-refractivity contribution in [1.29, 1.82) is 0 Å². The second-order valence-corrected chi connectivity index (χ2v) is 10.1. The van der Waals surface area contributed by atoms with Gasteiger partial charge in [0.2, 0.25) is 5.91 Å². The maximum absolute atomic E-state index is 13.4. The van der Waals surface area contributed by atoms with Gasteiger partial charge >= 0.3 is 6.18 Å². The predicted molar refractivity (Wildman–Crippen MR) is 143 cm³/mol. The number of para-hydroxylation sites is 1. The normalized spacial score (nSPS) is 14.2. The van der Waals surface area contributed by atoms with Crippen molar-refractivity contribution in [1.82, 2.24) is 14.5 Å². The number of rotatable bonds is 5. The van der Waals surface area contributed by atoms with Crippen LogP contribution in [0.2, 0.25) is 5.02 Å².